The second-order valence-corrected chi connectivity index (χ2v) is 7.97. The fourth-order valence-electron chi connectivity index (χ4n) is 4.40. The molecule has 2 atom stereocenters. The van der Waals surface area contributed by atoms with E-state index in [0.29, 0.717) is 37.2 Å². The molecular formula is C24H24N2O4. The van der Waals surface area contributed by atoms with E-state index in [9.17, 15) is 9.59 Å². The lowest BCUT2D eigenvalue weighted by Crippen LogP contribution is -2.59. The largest absolute Gasteiger partial charge is 0.445 e. The summed E-state index contributed by atoms with van der Waals surface area (Å²) in [5, 5.41) is 9.17. The van der Waals surface area contributed by atoms with Crippen LogP contribution in [-0.4, -0.2) is 42.1 Å². The van der Waals surface area contributed by atoms with E-state index in [4.69, 9.17) is 14.7 Å². The van der Waals surface area contributed by atoms with E-state index in [1.54, 1.807) is 17.0 Å². The normalized spacial score (nSPS) is 22.8. The van der Waals surface area contributed by atoms with E-state index in [2.05, 4.69) is 6.07 Å². The zero-order valence-electron chi connectivity index (χ0n) is 16.9. The van der Waals surface area contributed by atoms with Crippen LogP contribution in [0.15, 0.2) is 48.5 Å². The Morgan fingerprint density at radius 1 is 1.13 bits per heavy atom. The minimum Gasteiger partial charge on any atom is -0.445 e. The number of ether oxygens (including phenoxy) is 2. The Morgan fingerprint density at radius 2 is 1.83 bits per heavy atom. The second-order valence-electron chi connectivity index (χ2n) is 7.97. The Hall–Kier alpha value is -3.17. The van der Waals surface area contributed by atoms with Gasteiger partial charge in [-0.15, -0.1) is 0 Å². The fraction of sp³-hybridized carbons (Fsp3) is 0.375. The van der Waals surface area contributed by atoms with Crippen LogP contribution in [0.5, 0.6) is 0 Å². The van der Waals surface area contributed by atoms with Crippen molar-refractivity contribution in [3.63, 3.8) is 0 Å². The van der Waals surface area contributed by atoms with Crippen molar-refractivity contribution in [2.24, 2.45) is 5.92 Å². The number of hydrogen-bond acceptors (Lipinski definition) is 5. The first-order chi connectivity index (χ1) is 14.6. The van der Waals surface area contributed by atoms with Crippen LogP contribution >= 0.6 is 0 Å². The number of morpholine rings is 1. The van der Waals surface area contributed by atoms with Gasteiger partial charge in [0.25, 0.3) is 0 Å². The number of rotatable bonds is 4. The number of nitriles is 1. The summed E-state index contributed by atoms with van der Waals surface area (Å²) in [4.78, 5) is 27.8. The Morgan fingerprint density at radius 3 is 2.50 bits per heavy atom. The lowest BCUT2D eigenvalue weighted by atomic mass is 9.80. The van der Waals surface area contributed by atoms with Crippen molar-refractivity contribution in [3.05, 3.63) is 70.8 Å². The van der Waals surface area contributed by atoms with Gasteiger partial charge in [0.15, 0.2) is 5.78 Å². The van der Waals surface area contributed by atoms with Gasteiger partial charge in [0, 0.05) is 11.5 Å². The third-order valence-electron chi connectivity index (χ3n) is 5.94. The molecule has 0 radical (unpaired) electrons. The molecule has 2 bridgehead atoms. The van der Waals surface area contributed by atoms with Gasteiger partial charge < -0.3 is 9.47 Å². The molecule has 0 aliphatic carbocycles. The number of hydrogen-bond donors (Lipinski definition) is 0. The number of ketones is 1. The van der Waals surface area contributed by atoms with Gasteiger partial charge in [-0.25, -0.2) is 4.79 Å². The van der Waals surface area contributed by atoms with E-state index >= 15 is 0 Å². The van der Waals surface area contributed by atoms with Crippen molar-refractivity contribution in [3.8, 4) is 6.07 Å². The van der Waals surface area contributed by atoms with Gasteiger partial charge in [0.2, 0.25) is 0 Å². The third-order valence-corrected chi connectivity index (χ3v) is 5.94. The molecule has 2 aliphatic rings. The fourth-order valence-corrected chi connectivity index (χ4v) is 4.40. The quantitative estimate of drug-likeness (QED) is 0.723. The van der Waals surface area contributed by atoms with Crippen LogP contribution in [0, 0.1) is 24.2 Å². The lowest BCUT2D eigenvalue weighted by molar-refractivity contribution is -0.0755. The molecule has 2 unspecified atom stereocenters. The van der Waals surface area contributed by atoms with Gasteiger partial charge in [-0.05, 0) is 43.0 Å². The minimum atomic E-state index is -0.356. The summed E-state index contributed by atoms with van der Waals surface area (Å²) in [5.74, 6) is -0.159. The zero-order valence-corrected chi connectivity index (χ0v) is 16.9. The SMILES string of the molecule is Cc1ccc(C#N)cc1C(=O)C1CC2COCC(C1)N2C(=O)OCc1ccccc1. The topological polar surface area (TPSA) is 79.6 Å². The number of Topliss-reactive ketones (excluding diaryl/α,β-unsaturated/α-hetero) is 1. The number of aryl methyl sites for hydroxylation is 1. The Bertz CT molecular complexity index is 968. The van der Waals surface area contributed by atoms with Crippen LogP contribution in [0.2, 0.25) is 0 Å². The molecule has 0 aromatic heterocycles. The number of carbonyl (C=O) groups is 2. The Balaban J connectivity index is 1.46. The maximum Gasteiger partial charge on any atom is 0.410 e. The monoisotopic (exact) mass is 404 g/mol. The summed E-state index contributed by atoms with van der Waals surface area (Å²) >= 11 is 0. The predicted molar refractivity (Wildman–Crippen MR) is 110 cm³/mol. The van der Waals surface area contributed by atoms with Crippen LogP contribution in [0.1, 0.15) is 39.9 Å². The summed E-state index contributed by atoms with van der Waals surface area (Å²) in [6, 6.07) is 16.5. The Labute approximate surface area is 176 Å². The van der Waals surface area contributed by atoms with Crippen LogP contribution in [0.25, 0.3) is 0 Å². The van der Waals surface area contributed by atoms with Crippen molar-refractivity contribution >= 4 is 11.9 Å². The first-order valence-electron chi connectivity index (χ1n) is 10.2. The van der Waals surface area contributed by atoms with Gasteiger partial charge in [0.05, 0.1) is 36.9 Å². The van der Waals surface area contributed by atoms with E-state index in [0.717, 1.165) is 11.1 Å². The summed E-state index contributed by atoms with van der Waals surface area (Å²) in [7, 11) is 0. The number of benzene rings is 2. The first-order valence-corrected chi connectivity index (χ1v) is 10.2. The predicted octanol–water partition coefficient (Wildman–Crippen LogP) is 3.87. The van der Waals surface area contributed by atoms with Crippen molar-refractivity contribution in [1.82, 2.24) is 4.90 Å². The Kier molecular flexibility index (Phi) is 5.82. The molecule has 2 heterocycles. The zero-order chi connectivity index (χ0) is 21.1. The van der Waals surface area contributed by atoms with Crippen LogP contribution in [0.4, 0.5) is 4.79 Å². The van der Waals surface area contributed by atoms with E-state index in [-0.39, 0.29) is 36.5 Å². The summed E-state index contributed by atoms with van der Waals surface area (Å²) in [6.45, 7) is 2.91. The molecule has 4 rings (SSSR count). The molecule has 2 fully saturated rings. The number of carbonyl (C=O) groups excluding carboxylic acids is 2. The maximum atomic E-state index is 13.2. The smallest absolute Gasteiger partial charge is 0.410 e. The summed E-state index contributed by atoms with van der Waals surface area (Å²) in [5.41, 5.74) is 2.88. The molecule has 1 amide bonds. The second kappa shape index (κ2) is 8.68. The molecule has 2 aliphatic heterocycles. The van der Waals surface area contributed by atoms with E-state index < -0.39 is 0 Å². The van der Waals surface area contributed by atoms with Crippen LogP contribution in [-0.2, 0) is 16.1 Å². The summed E-state index contributed by atoms with van der Waals surface area (Å²) in [6.07, 6.45) is 0.712. The van der Waals surface area contributed by atoms with Crippen molar-refractivity contribution in [2.75, 3.05) is 13.2 Å². The van der Waals surface area contributed by atoms with Crippen molar-refractivity contribution < 1.29 is 19.1 Å². The molecule has 0 spiro atoms. The standard InChI is InChI=1S/C24H24N2O4/c1-16-7-8-18(12-25)9-22(16)23(27)19-10-20-14-29-15-21(11-19)26(20)24(28)30-13-17-5-3-2-4-6-17/h2-9,19-21H,10-11,13-15H2,1H3. The molecule has 2 saturated heterocycles. The number of amides is 1. The van der Waals surface area contributed by atoms with Gasteiger partial charge in [-0.2, -0.15) is 5.26 Å². The maximum absolute atomic E-state index is 13.2. The lowest BCUT2D eigenvalue weighted by Gasteiger charge is -2.47. The van der Waals surface area contributed by atoms with Crippen LogP contribution in [0.3, 0.4) is 0 Å². The number of piperidine rings is 1. The third kappa shape index (κ3) is 4.07. The van der Waals surface area contributed by atoms with E-state index in [1.165, 1.54) is 0 Å². The average molecular weight is 404 g/mol. The molecule has 0 N–H and O–H groups in total. The highest BCUT2D eigenvalue weighted by Crippen LogP contribution is 2.34. The number of nitrogens with zero attached hydrogens (tertiary/aromatic N) is 2. The molecule has 6 heteroatoms. The average Bonchev–Trinajstić information content (AvgIpc) is 2.77. The summed E-state index contributed by atoms with van der Waals surface area (Å²) < 4.78 is 11.2. The highest BCUT2D eigenvalue weighted by atomic mass is 16.6. The first kappa shape index (κ1) is 20.1. The molecule has 2 aromatic carbocycles. The van der Waals surface area contributed by atoms with E-state index in [1.807, 2.05) is 43.3 Å². The van der Waals surface area contributed by atoms with Crippen molar-refractivity contribution in [2.45, 2.75) is 38.5 Å². The molecule has 30 heavy (non-hydrogen) atoms. The highest BCUT2D eigenvalue weighted by molar-refractivity contribution is 5.99. The molecule has 6 nitrogen and oxygen atoms in total. The van der Waals surface area contributed by atoms with Gasteiger partial charge in [0.1, 0.15) is 6.61 Å². The highest BCUT2D eigenvalue weighted by Gasteiger charge is 2.44. The molecule has 2 aromatic rings. The molecule has 154 valence electrons. The van der Waals surface area contributed by atoms with Gasteiger partial charge in [-0.3, -0.25) is 9.69 Å². The van der Waals surface area contributed by atoms with Crippen LogP contribution < -0.4 is 0 Å². The van der Waals surface area contributed by atoms with Gasteiger partial charge in [-0.1, -0.05) is 36.4 Å². The minimum absolute atomic E-state index is 0.0406. The number of fused-ring (bicyclic) bond motifs is 2. The van der Waals surface area contributed by atoms with Gasteiger partial charge >= 0.3 is 6.09 Å². The molecule has 0 saturated carbocycles. The molecular weight excluding hydrogens is 380 g/mol. The van der Waals surface area contributed by atoms with Crippen molar-refractivity contribution in [1.29, 1.82) is 5.26 Å².